The Labute approximate surface area is 128 Å². The van der Waals surface area contributed by atoms with Crippen molar-refractivity contribution in [2.45, 2.75) is 18.6 Å². The average Bonchev–Trinajstić information content (AvgIpc) is 2.96. The van der Waals surface area contributed by atoms with Crippen molar-refractivity contribution in [1.29, 1.82) is 0 Å². The molecule has 22 heavy (non-hydrogen) atoms. The minimum absolute atomic E-state index is 0.211. The van der Waals surface area contributed by atoms with Gasteiger partial charge in [0.2, 0.25) is 10.0 Å². The van der Waals surface area contributed by atoms with Gasteiger partial charge in [0.15, 0.2) is 0 Å². The van der Waals surface area contributed by atoms with Gasteiger partial charge in [-0.1, -0.05) is 12.1 Å². The third kappa shape index (κ3) is 2.93. The molecule has 0 bridgehead atoms. The third-order valence-corrected chi connectivity index (χ3v) is 5.35. The van der Waals surface area contributed by atoms with Crippen LogP contribution in [0.2, 0.25) is 0 Å². The lowest BCUT2D eigenvalue weighted by molar-refractivity contribution is 0.129. The lowest BCUT2D eigenvalue weighted by Gasteiger charge is -2.21. The molecule has 8 heteroatoms. The standard InChI is InChI=1S/C14H17FN2O4S/c1-22(19,20)16-8-12-13(9-16)21-14(18)17(12)7-6-10-2-4-11(15)5-3-10/h2-5,12-13H,6-9H2,1H3/t12-,13+/m1/s1. The van der Waals surface area contributed by atoms with E-state index in [1.165, 1.54) is 16.4 Å². The zero-order chi connectivity index (χ0) is 15.9. The van der Waals surface area contributed by atoms with Crippen LogP contribution in [0.15, 0.2) is 24.3 Å². The highest BCUT2D eigenvalue weighted by atomic mass is 32.2. The molecular weight excluding hydrogens is 311 g/mol. The van der Waals surface area contributed by atoms with Gasteiger partial charge in [0.25, 0.3) is 0 Å². The topological polar surface area (TPSA) is 66.9 Å². The van der Waals surface area contributed by atoms with E-state index >= 15 is 0 Å². The number of hydrogen-bond acceptors (Lipinski definition) is 4. The number of nitrogens with zero attached hydrogens (tertiary/aromatic N) is 2. The first kappa shape index (κ1) is 15.2. The van der Waals surface area contributed by atoms with Crippen molar-refractivity contribution in [2.75, 3.05) is 25.9 Å². The van der Waals surface area contributed by atoms with Gasteiger partial charge in [-0.25, -0.2) is 17.6 Å². The summed E-state index contributed by atoms with van der Waals surface area (Å²) in [6, 6.07) is 5.85. The Balaban J connectivity index is 1.66. The summed E-state index contributed by atoms with van der Waals surface area (Å²) in [6.07, 6.45) is 0.900. The molecule has 2 atom stereocenters. The van der Waals surface area contributed by atoms with Crippen LogP contribution in [0.4, 0.5) is 9.18 Å². The molecule has 2 fully saturated rings. The number of ether oxygens (including phenoxy) is 1. The number of fused-ring (bicyclic) bond motifs is 1. The number of benzene rings is 1. The number of carbonyl (C=O) groups is 1. The molecule has 1 aromatic rings. The highest BCUT2D eigenvalue weighted by Gasteiger charge is 2.49. The van der Waals surface area contributed by atoms with E-state index in [4.69, 9.17) is 4.74 Å². The molecule has 0 N–H and O–H groups in total. The van der Waals surface area contributed by atoms with Crippen LogP contribution < -0.4 is 0 Å². The van der Waals surface area contributed by atoms with Crippen LogP contribution >= 0.6 is 0 Å². The van der Waals surface area contributed by atoms with E-state index in [2.05, 4.69) is 0 Å². The van der Waals surface area contributed by atoms with Gasteiger partial charge in [-0.3, -0.25) is 4.90 Å². The minimum atomic E-state index is -3.28. The second-order valence-corrected chi connectivity index (χ2v) is 7.62. The average molecular weight is 328 g/mol. The number of halogens is 1. The predicted molar refractivity (Wildman–Crippen MR) is 77.3 cm³/mol. The summed E-state index contributed by atoms with van der Waals surface area (Å²) in [4.78, 5) is 13.5. The zero-order valence-electron chi connectivity index (χ0n) is 12.1. The molecule has 0 radical (unpaired) electrons. The molecule has 2 heterocycles. The molecule has 0 saturated carbocycles. The number of hydrogen-bond donors (Lipinski definition) is 0. The summed E-state index contributed by atoms with van der Waals surface area (Å²) in [5, 5.41) is 0. The maximum atomic E-state index is 12.9. The maximum Gasteiger partial charge on any atom is 0.410 e. The Hall–Kier alpha value is -1.67. The molecule has 1 amide bonds. The van der Waals surface area contributed by atoms with Crippen LogP contribution in [-0.2, 0) is 21.2 Å². The smallest absolute Gasteiger partial charge is 0.410 e. The monoisotopic (exact) mass is 328 g/mol. The quantitative estimate of drug-likeness (QED) is 0.821. The van der Waals surface area contributed by atoms with Crippen molar-refractivity contribution >= 4 is 16.1 Å². The van der Waals surface area contributed by atoms with Crippen molar-refractivity contribution in [1.82, 2.24) is 9.21 Å². The van der Waals surface area contributed by atoms with E-state index in [1.807, 2.05) is 0 Å². The van der Waals surface area contributed by atoms with Gasteiger partial charge in [0, 0.05) is 13.1 Å². The Bertz CT molecular complexity index is 677. The van der Waals surface area contributed by atoms with Crippen LogP contribution in [0.25, 0.3) is 0 Å². The van der Waals surface area contributed by atoms with Crippen LogP contribution in [0.1, 0.15) is 5.56 Å². The van der Waals surface area contributed by atoms with Crippen LogP contribution in [-0.4, -0.2) is 61.8 Å². The lowest BCUT2D eigenvalue weighted by Crippen LogP contribution is -2.40. The molecule has 2 aliphatic heterocycles. The van der Waals surface area contributed by atoms with Gasteiger partial charge in [-0.15, -0.1) is 0 Å². The number of sulfonamides is 1. The van der Waals surface area contributed by atoms with Gasteiger partial charge >= 0.3 is 6.09 Å². The molecule has 120 valence electrons. The Morgan fingerprint density at radius 1 is 1.27 bits per heavy atom. The van der Waals surface area contributed by atoms with Crippen molar-refractivity contribution < 1.29 is 22.3 Å². The number of carbonyl (C=O) groups excluding carboxylic acids is 1. The molecule has 2 saturated heterocycles. The van der Waals surface area contributed by atoms with E-state index in [1.54, 1.807) is 17.0 Å². The largest absolute Gasteiger partial charge is 0.442 e. The summed E-state index contributed by atoms with van der Waals surface area (Å²) in [6.45, 7) is 0.893. The van der Waals surface area contributed by atoms with Crippen molar-refractivity contribution in [3.05, 3.63) is 35.6 Å². The van der Waals surface area contributed by atoms with E-state index < -0.39 is 22.2 Å². The summed E-state index contributed by atoms with van der Waals surface area (Å²) >= 11 is 0. The highest BCUT2D eigenvalue weighted by Crippen LogP contribution is 2.28. The first-order valence-electron chi connectivity index (χ1n) is 7.01. The third-order valence-electron chi connectivity index (χ3n) is 4.11. The van der Waals surface area contributed by atoms with E-state index in [9.17, 15) is 17.6 Å². The fourth-order valence-electron chi connectivity index (χ4n) is 2.90. The maximum absolute atomic E-state index is 12.9. The fraction of sp³-hybridized carbons (Fsp3) is 0.500. The summed E-state index contributed by atoms with van der Waals surface area (Å²) in [5.41, 5.74) is 0.913. The van der Waals surface area contributed by atoms with Crippen molar-refractivity contribution in [3.63, 3.8) is 0 Å². The SMILES string of the molecule is CS(=O)(=O)N1C[C@@H]2OC(=O)N(CCc3ccc(F)cc3)[C@@H]2C1. The molecule has 0 aromatic heterocycles. The minimum Gasteiger partial charge on any atom is -0.442 e. The second kappa shape index (κ2) is 5.51. The molecule has 3 rings (SSSR count). The van der Waals surface area contributed by atoms with Gasteiger partial charge in [0.1, 0.15) is 11.9 Å². The fourth-order valence-corrected chi connectivity index (χ4v) is 3.74. The first-order valence-corrected chi connectivity index (χ1v) is 8.86. The molecule has 1 aromatic carbocycles. The zero-order valence-corrected chi connectivity index (χ0v) is 12.9. The van der Waals surface area contributed by atoms with Crippen LogP contribution in [0.5, 0.6) is 0 Å². The molecule has 0 spiro atoms. The van der Waals surface area contributed by atoms with Gasteiger partial charge in [-0.05, 0) is 24.1 Å². The molecule has 6 nitrogen and oxygen atoms in total. The molecule has 2 aliphatic rings. The van der Waals surface area contributed by atoms with E-state index in [-0.39, 0.29) is 24.9 Å². The van der Waals surface area contributed by atoms with Gasteiger partial charge < -0.3 is 4.74 Å². The lowest BCUT2D eigenvalue weighted by atomic mass is 10.1. The number of amides is 1. The summed E-state index contributed by atoms with van der Waals surface area (Å²) < 4.78 is 42.6. The highest BCUT2D eigenvalue weighted by molar-refractivity contribution is 7.88. The Morgan fingerprint density at radius 3 is 2.59 bits per heavy atom. The number of rotatable bonds is 4. The Kier molecular flexibility index (Phi) is 3.82. The van der Waals surface area contributed by atoms with Gasteiger partial charge in [-0.2, -0.15) is 4.31 Å². The molecular formula is C14H17FN2O4S. The molecule has 0 unspecified atom stereocenters. The Morgan fingerprint density at radius 2 is 1.95 bits per heavy atom. The van der Waals surface area contributed by atoms with E-state index in [0.717, 1.165) is 11.8 Å². The molecule has 0 aliphatic carbocycles. The van der Waals surface area contributed by atoms with Crippen LogP contribution in [0.3, 0.4) is 0 Å². The normalized spacial score (nSPS) is 25.4. The van der Waals surface area contributed by atoms with Crippen molar-refractivity contribution in [3.8, 4) is 0 Å². The van der Waals surface area contributed by atoms with Crippen LogP contribution in [0, 0.1) is 5.82 Å². The summed E-state index contributed by atoms with van der Waals surface area (Å²) in [7, 11) is -3.28. The van der Waals surface area contributed by atoms with Crippen molar-refractivity contribution in [2.24, 2.45) is 0 Å². The first-order chi connectivity index (χ1) is 10.3. The second-order valence-electron chi connectivity index (χ2n) is 5.64. The van der Waals surface area contributed by atoms with E-state index in [0.29, 0.717) is 13.0 Å². The summed E-state index contributed by atoms with van der Waals surface area (Å²) in [5.74, 6) is -0.302. The predicted octanol–water partition coefficient (Wildman–Crippen LogP) is 0.833. The van der Waals surface area contributed by atoms with Gasteiger partial charge in [0.05, 0.1) is 18.8 Å².